The number of nitrogens with zero attached hydrogens (tertiary/aromatic N) is 1. The van der Waals surface area contributed by atoms with Crippen molar-refractivity contribution < 1.29 is 9.90 Å². The van der Waals surface area contributed by atoms with Crippen LogP contribution in [0.3, 0.4) is 0 Å². The Morgan fingerprint density at radius 2 is 2.12 bits per heavy atom. The van der Waals surface area contributed by atoms with E-state index in [0.717, 1.165) is 19.3 Å². The van der Waals surface area contributed by atoms with Gasteiger partial charge in [0.2, 0.25) is 0 Å². The van der Waals surface area contributed by atoms with Gasteiger partial charge in [0.15, 0.2) is 0 Å². The first-order valence-corrected chi connectivity index (χ1v) is 6.37. The summed E-state index contributed by atoms with van der Waals surface area (Å²) in [4.78, 5) is 14.7. The summed E-state index contributed by atoms with van der Waals surface area (Å²) in [6.07, 6.45) is 9.60. The van der Waals surface area contributed by atoms with E-state index in [2.05, 4.69) is 11.1 Å². The smallest absolute Gasteiger partial charge is 0.303 e. The van der Waals surface area contributed by atoms with Crippen molar-refractivity contribution in [1.82, 2.24) is 4.98 Å². The molecule has 1 aromatic rings. The highest BCUT2D eigenvalue weighted by atomic mass is 16.4. The van der Waals surface area contributed by atoms with Crippen LogP contribution in [0.2, 0.25) is 0 Å². The van der Waals surface area contributed by atoms with E-state index < -0.39 is 5.97 Å². The molecule has 1 N–H and O–H groups in total. The Labute approximate surface area is 102 Å². The zero-order chi connectivity index (χ0) is 12.1. The normalized spacial score (nSPS) is 24.5. The van der Waals surface area contributed by atoms with Gasteiger partial charge in [-0.1, -0.05) is 6.07 Å². The van der Waals surface area contributed by atoms with E-state index in [1.165, 1.54) is 18.4 Å². The molecule has 2 rings (SSSR count). The van der Waals surface area contributed by atoms with Gasteiger partial charge in [-0.2, -0.15) is 0 Å². The Morgan fingerprint density at radius 1 is 1.35 bits per heavy atom. The van der Waals surface area contributed by atoms with Crippen molar-refractivity contribution in [2.45, 2.75) is 44.4 Å². The summed E-state index contributed by atoms with van der Waals surface area (Å²) in [6, 6.07) is 4.14. The average Bonchev–Trinajstić information content (AvgIpc) is 2.38. The van der Waals surface area contributed by atoms with Crippen LogP contribution in [-0.4, -0.2) is 16.1 Å². The minimum atomic E-state index is -0.667. The molecule has 0 aliphatic heterocycles. The Hall–Kier alpha value is -1.38. The van der Waals surface area contributed by atoms with Gasteiger partial charge >= 0.3 is 5.97 Å². The third kappa shape index (κ3) is 3.55. The molecule has 1 aliphatic rings. The summed E-state index contributed by atoms with van der Waals surface area (Å²) < 4.78 is 0. The number of carboxylic acids is 1. The third-order valence-corrected chi connectivity index (χ3v) is 3.77. The van der Waals surface area contributed by atoms with Crippen molar-refractivity contribution in [2.24, 2.45) is 5.92 Å². The SMILES string of the molecule is O=C(O)CCC1CCC(c2cccnc2)CC1. The van der Waals surface area contributed by atoms with Gasteiger partial charge in [0.25, 0.3) is 0 Å². The van der Waals surface area contributed by atoms with Crippen LogP contribution < -0.4 is 0 Å². The van der Waals surface area contributed by atoms with Crippen molar-refractivity contribution in [3.63, 3.8) is 0 Å². The standard InChI is InChI=1S/C14H19NO2/c16-14(17)8-5-11-3-6-12(7-4-11)13-2-1-9-15-10-13/h1-2,9-12H,3-8H2,(H,16,17). The third-order valence-electron chi connectivity index (χ3n) is 3.77. The fourth-order valence-corrected chi connectivity index (χ4v) is 2.73. The molecule has 3 nitrogen and oxygen atoms in total. The number of hydrogen-bond acceptors (Lipinski definition) is 2. The number of pyridine rings is 1. The molecule has 0 aromatic carbocycles. The van der Waals surface area contributed by atoms with Crippen molar-refractivity contribution in [1.29, 1.82) is 0 Å². The number of aliphatic carboxylic acids is 1. The summed E-state index contributed by atoms with van der Waals surface area (Å²) in [5.41, 5.74) is 1.34. The molecule has 0 spiro atoms. The number of rotatable bonds is 4. The number of carboxylic acid groups (broad SMARTS) is 1. The van der Waals surface area contributed by atoms with Crippen molar-refractivity contribution in [3.8, 4) is 0 Å². The Morgan fingerprint density at radius 3 is 2.71 bits per heavy atom. The highest BCUT2D eigenvalue weighted by molar-refractivity contribution is 5.66. The Balaban J connectivity index is 1.80. The molecule has 0 unspecified atom stereocenters. The minimum Gasteiger partial charge on any atom is -0.481 e. The molecule has 1 fully saturated rings. The molecule has 1 saturated carbocycles. The molecule has 17 heavy (non-hydrogen) atoms. The van der Waals surface area contributed by atoms with Crippen LogP contribution in [0, 0.1) is 5.92 Å². The van der Waals surface area contributed by atoms with Gasteiger partial charge in [0, 0.05) is 18.8 Å². The predicted molar refractivity (Wildman–Crippen MR) is 65.8 cm³/mol. The molecular weight excluding hydrogens is 214 g/mol. The van der Waals surface area contributed by atoms with E-state index in [4.69, 9.17) is 5.11 Å². The Bertz CT molecular complexity index is 356. The number of aromatic nitrogens is 1. The predicted octanol–water partition coefficient (Wildman–Crippen LogP) is 3.22. The first-order chi connectivity index (χ1) is 8.25. The molecular formula is C14H19NO2. The molecule has 1 heterocycles. The van der Waals surface area contributed by atoms with Gasteiger partial charge in [-0.3, -0.25) is 9.78 Å². The quantitative estimate of drug-likeness (QED) is 0.868. The van der Waals surface area contributed by atoms with E-state index in [1.54, 1.807) is 0 Å². The lowest BCUT2D eigenvalue weighted by molar-refractivity contribution is -0.137. The van der Waals surface area contributed by atoms with Crippen molar-refractivity contribution >= 4 is 5.97 Å². The van der Waals surface area contributed by atoms with E-state index in [0.29, 0.717) is 18.3 Å². The second kappa shape index (κ2) is 5.80. The maximum absolute atomic E-state index is 10.5. The molecule has 0 bridgehead atoms. The zero-order valence-electron chi connectivity index (χ0n) is 10.0. The molecule has 1 aliphatic carbocycles. The summed E-state index contributed by atoms with van der Waals surface area (Å²) in [6.45, 7) is 0. The summed E-state index contributed by atoms with van der Waals surface area (Å²) in [7, 11) is 0. The molecule has 0 amide bonds. The second-order valence-corrected chi connectivity index (χ2v) is 4.94. The second-order valence-electron chi connectivity index (χ2n) is 4.94. The van der Waals surface area contributed by atoms with E-state index in [-0.39, 0.29) is 0 Å². The van der Waals surface area contributed by atoms with Gasteiger partial charge in [0.1, 0.15) is 0 Å². The molecule has 1 aromatic heterocycles. The monoisotopic (exact) mass is 233 g/mol. The van der Waals surface area contributed by atoms with Gasteiger partial charge < -0.3 is 5.11 Å². The van der Waals surface area contributed by atoms with E-state index in [1.807, 2.05) is 18.5 Å². The lowest BCUT2D eigenvalue weighted by Crippen LogP contribution is -2.14. The van der Waals surface area contributed by atoms with Crippen LogP contribution in [-0.2, 0) is 4.79 Å². The van der Waals surface area contributed by atoms with Crippen LogP contribution in [0.15, 0.2) is 24.5 Å². The Kier molecular flexibility index (Phi) is 4.13. The van der Waals surface area contributed by atoms with Crippen LogP contribution in [0.25, 0.3) is 0 Å². The van der Waals surface area contributed by atoms with Crippen LogP contribution in [0.4, 0.5) is 0 Å². The number of carbonyl (C=O) groups is 1. The summed E-state index contributed by atoms with van der Waals surface area (Å²) >= 11 is 0. The fourth-order valence-electron chi connectivity index (χ4n) is 2.73. The number of hydrogen-bond donors (Lipinski definition) is 1. The summed E-state index contributed by atoms with van der Waals surface area (Å²) in [5, 5.41) is 8.67. The zero-order valence-corrected chi connectivity index (χ0v) is 10.0. The first kappa shape index (κ1) is 12.1. The summed E-state index contributed by atoms with van der Waals surface area (Å²) in [5.74, 6) is 0.572. The molecule has 0 radical (unpaired) electrons. The minimum absolute atomic E-state index is 0.322. The average molecular weight is 233 g/mol. The fraction of sp³-hybridized carbons (Fsp3) is 0.571. The van der Waals surface area contributed by atoms with E-state index >= 15 is 0 Å². The van der Waals surface area contributed by atoms with Gasteiger partial charge in [-0.15, -0.1) is 0 Å². The highest BCUT2D eigenvalue weighted by Gasteiger charge is 2.22. The molecule has 92 valence electrons. The highest BCUT2D eigenvalue weighted by Crippen LogP contribution is 2.37. The van der Waals surface area contributed by atoms with Gasteiger partial charge in [-0.25, -0.2) is 0 Å². The maximum Gasteiger partial charge on any atom is 0.303 e. The van der Waals surface area contributed by atoms with Crippen molar-refractivity contribution in [3.05, 3.63) is 30.1 Å². The largest absolute Gasteiger partial charge is 0.481 e. The van der Waals surface area contributed by atoms with E-state index in [9.17, 15) is 4.79 Å². The lowest BCUT2D eigenvalue weighted by atomic mass is 9.77. The van der Waals surface area contributed by atoms with Gasteiger partial charge in [0.05, 0.1) is 0 Å². The molecule has 3 heteroatoms. The lowest BCUT2D eigenvalue weighted by Gasteiger charge is -2.28. The first-order valence-electron chi connectivity index (χ1n) is 6.37. The maximum atomic E-state index is 10.5. The van der Waals surface area contributed by atoms with Gasteiger partial charge in [-0.05, 0) is 55.6 Å². The molecule has 0 saturated heterocycles. The van der Waals surface area contributed by atoms with Crippen LogP contribution in [0.1, 0.15) is 50.0 Å². The topological polar surface area (TPSA) is 50.2 Å². The van der Waals surface area contributed by atoms with Crippen LogP contribution in [0.5, 0.6) is 0 Å². The molecule has 0 atom stereocenters. The van der Waals surface area contributed by atoms with Crippen molar-refractivity contribution in [2.75, 3.05) is 0 Å². The van der Waals surface area contributed by atoms with Crippen LogP contribution >= 0.6 is 0 Å².